The van der Waals surface area contributed by atoms with Gasteiger partial charge in [-0.25, -0.2) is 23.2 Å². The molecule has 0 saturated carbocycles. The van der Waals surface area contributed by atoms with E-state index in [2.05, 4.69) is 36.2 Å². The van der Waals surface area contributed by atoms with E-state index in [0.29, 0.717) is 0 Å². The lowest BCUT2D eigenvalue weighted by Gasteiger charge is -2.41. The van der Waals surface area contributed by atoms with Gasteiger partial charge in [-0.2, -0.15) is 9.61 Å². The van der Waals surface area contributed by atoms with E-state index in [4.69, 9.17) is 36.6 Å². The Balaban J connectivity index is 1.46. The number of aliphatic hydroxyl groups is 6. The molecule has 4 heterocycles. The number of aliphatic hydroxyl groups excluding tert-OH is 5. The third-order valence-corrected chi connectivity index (χ3v) is 10.0. The molecule has 0 aromatic carbocycles. The van der Waals surface area contributed by atoms with Crippen LogP contribution >= 0.6 is 14.5 Å². The van der Waals surface area contributed by atoms with Crippen LogP contribution in [0.4, 0.5) is 10.3 Å². The number of anilines is 1. The van der Waals surface area contributed by atoms with E-state index >= 15 is 0 Å². The monoisotopic (exact) mass is 675 g/mol. The summed E-state index contributed by atoms with van der Waals surface area (Å²) in [6.45, 7) is -3.40. The minimum absolute atomic E-state index is 0.0449. The molecule has 10 N–H and O–H groups in total. The number of halogens is 1. The molecule has 2 fully saturated rings. The van der Waals surface area contributed by atoms with E-state index in [0.717, 1.165) is 16.9 Å². The average molecular weight is 675 g/mol. The number of nitrogens with zero attached hydrogens (tertiary/aromatic N) is 4. The summed E-state index contributed by atoms with van der Waals surface area (Å²) in [6, 6.07) is 0. The molecule has 19 nitrogen and oxygen atoms in total. The van der Waals surface area contributed by atoms with Gasteiger partial charge in [-0.15, -0.1) is 5.73 Å². The maximum Gasteiger partial charge on any atom is 0.481 e. The van der Waals surface area contributed by atoms with Crippen molar-refractivity contribution in [2.24, 2.45) is 0 Å². The quantitative estimate of drug-likeness (QED) is 0.0851. The number of hydrogen-bond donors (Lipinski definition) is 9. The Labute approximate surface area is 246 Å². The maximum atomic E-state index is 13.9. The molecule has 240 valence electrons. The lowest BCUT2D eigenvalue weighted by atomic mass is 9.87. The molecule has 12 atom stereocenters. The molecular weight excluding hydrogens is 647 g/mol. The van der Waals surface area contributed by atoms with E-state index in [9.17, 15) is 44.3 Å². The Bertz CT molecular complexity index is 1470. The average Bonchev–Trinajstić information content (AvgIpc) is 3.46. The van der Waals surface area contributed by atoms with Crippen LogP contribution in [0.25, 0.3) is 5.65 Å². The fraction of sp³-hybridized carbons (Fsp3) is 0.600. The minimum Gasteiger partial charge on any atom is -0.393 e. The van der Waals surface area contributed by atoms with E-state index in [1.165, 1.54) is 6.20 Å². The molecule has 4 rings (SSSR count). The molecule has 0 bridgehead atoms. The van der Waals surface area contributed by atoms with Crippen molar-refractivity contribution in [2.75, 3.05) is 18.9 Å². The van der Waals surface area contributed by atoms with Gasteiger partial charge in [0.15, 0.2) is 18.1 Å². The highest BCUT2D eigenvalue weighted by Gasteiger charge is 2.56. The highest BCUT2D eigenvalue weighted by atomic mass is 32.5. The molecule has 23 heteroatoms. The standard InChI is InChI=1S/C20H28FN5O14P2S/c1-2-3-20(32)15(31)10(37-16(20)8-4-25-26-17(8)23-7-24-19(26)22)6-36-42(35,43)40-41(33,34)39-18-13(30)11(28)12(29)14(38-18)9(21)5-27/h3-4,7,9-16,18,27-32H,1,5-6H2,(H,33,34)(H,35,43)(H2,22,23,24)/t9-,10+,11?,12?,13?,14?,15+,16-,18?,20+,42?/m0/s1. The summed E-state index contributed by atoms with van der Waals surface area (Å²) in [6.07, 6.45) is -14.3. The highest BCUT2D eigenvalue weighted by molar-refractivity contribution is 8.08. The summed E-state index contributed by atoms with van der Waals surface area (Å²) in [5.74, 6) is -0.0449. The summed E-state index contributed by atoms with van der Waals surface area (Å²) in [5, 5.41) is 65.1. The number of rotatable bonds is 11. The molecule has 2 aliphatic rings. The summed E-state index contributed by atoms with van der Waals surface area (Å²) >= 11 is 4.73. The smallest absolute Gasteiger partial charge is 0.393 e. The number of nitrogen functional groups attached to an aromatic ring is 1. The van der Waals surface area contributed by atoms with Crippen molar-refractivity contribution >= 4 is 37.9 Å². The molecule has 2 aromatic rings. The Morgan fingerprint density at radius 1 is 1.26 bits per heavy atom. The van der Waals surface area contributed by atoms with Gasteiger partial charge < -0.3 is 60.2 Å². The van der Waals surface area contributed by atoms with E-state index < -0.39 is 88.5 Å². The molecule has 2 saturated heterocycles. The number of hydrogen-bond acceptors (Lipinski definition) is 17. The van der Waals surface area contributed by atoms with Crippen molar-refractivity contribution in [3.63, 3.8) is 0 Å². The Kier molecular flexibility index (Phi) is 10.2. The molecule has 43 heavy (non-hydrogen) atoms. The predicted molar refractivity (Wildman–Crippen MR) is 141 cm³/mol. The van der Waals surface area contributed by atoms with Crippen molar-refractivity contribution in [3.05, 3.63) is 36.5 Å². The SMILES string of the molecule is C=C=C[C@@]1(O)[C@H](O)[C@@H](COP(O)(=S)OP(=O)(O)OC2OC([C@@H](F)CO)C(O)C(O)C2O)O[C@H]1c1cnn2c(N)ncnc12. The molecule has 0 spiro atoms. The predicted octanol–water partition coefficient (Wildman–Crippen LogP) is -2.92. The van der Waals surface area contributed by atoms with Gasteiger partial charge in [0.2, 0.25) is 5.95 Å². The molecule has 0 amide bonds. The van der Waals surface area contributed by atoms with Gasteiger partial charge in [0, 0.05) is 5.56 Å². The number of ether oxygens (including phenoxy) is 2. The van der Waals surface area contributed by atoms with E-state index in [-0.39, 0.29) is 17.2 Å². The number of fused-ring (bicyclic) bond motifs is 1. The van der Waals surface area contributed by atoms with Crippen molar-refractivity contribution in [1.29, 1.82) is 0 Å². The van der Waals surface area contributed by atoms with Crippen molar-refractivity contribution < 1.29 is 72.2 Å². The topological polar surface area (TPSA) is 294 Å². The Hall–Kier alpha value is -1.84. The van der Waals surface area contributed by atoms with Gasteiger partial charge in [0.05, 0.1) is 19.4 Å². The fourth-order valence-corrected chi connectivity index (χ4v) is 7.56. The number of nitrogens with two attached hydrogens (primary N) is 1. The van der Waals surface area contributed by atoms with Gasteiger partial charge in [-0.05, 0) is 17.9 Å². The van der Waals surface area contributed by atoms with Gasteiger partial charge in [0.25, 0.3) is 0 Å². The Morgan fingerprint density at radius 2 is 1.95 bits per heavy atom. The van der Waals surface area contributed by atoms with E-state index in [1.54, 1.807) is 0 Å². The van der Waals surface area contributed by atoms with Gasteiger partial charge in [0.1, 0.15) is 54.7 Å². The molecule has 2 aliphatic heterocycles. The van der Waals surface area contributed by atoms with Crippen LogP contribution in [0.1, 0.15) is 11.7 Å². The van der Waals surface area contributed by atoms with Crippen LogP contribution in [-0.2, 0) is 39.2 Å². The van der Waals surface area contributed by atoms with Crippen molar-refractivity contribution in [2.45, 2.75) is 60.8 Å². The zero-order chi connectivity index (χ0) is 31.9. The Morgan fingerprint density at radius 3 is 2.60 bits per heavy atom. The second kappa shape index (κ2) is 12.9. The van der Waals surface area contributed by atoms with E-state index in [1.807, 2.05) is 0 Å². The number of phosphoric acid groups is 1. The highest BCUT2D eigenvalue weighted by Crippen LogP contribution is 2.62. The molecule has 0 radical (unpaired) electrons. The molecule has 0 aliphatic carbocycles. The van der Waals surface area contributed by atoms with Crippen LogP contribution in [0.15, 0.2) is 30.9 Å². The maximum absolute atomic E-state index is 13.9. The molecule has 2 aromatic heterocycles. The van der Waals surface area contributed by atoms with Gasteiger partial charge in [-0.1, -0.05) is 6.58 Å². The normalized spacial score (nSPS) is 36.5. The minimum atomic E-state index is -5.53. The third-order valence-electron chi connectivity index (χ3n) is 6.51. The van der Waals surface area contributed by atoms with Crippen LogP contribution in [0.5, 0.6) is 0 Å². The second-order valence-corrected chi connectivity index (χ2v) is 13.7. The summed E-state index contributed by atoms with van der Waals surface area (Å²) in [5.41, 5.74) is 6.16. The number of aromatic nitrogens is 4. The number of alkyl halides is 1. The van der Waals surface area contributed by atoms with Crippen molar-refractivity contribution in [1.82, 2.24) is 19.6 Å². The third kappa shape index (κ3) is 6.89. The molecule has 7 unspecified atom stereocenters. The fourth-order valence-electron chi connectivity index (χ4n) is 4.46. The van der Waals surface area contributed by atoms with Crippen LogP contribution < -0.4 is 5.73 Å². The number of phosphoric ester groups is 1. The second-order valence-electron chi connectivity index (χ2n) is 9.36. The van der Waals surface area contributed by atoms with Crippen LogP contribution in [0.2, 0.25) is 0 Å². The lowest BCUT2D eigenvalue weighted by molar-refractivity contribution is -0.287. The van der Waals surface area contributed by atoms with Crippen LogP contribution in [-0.4, -0.2) is 128 Å². The largest absolute Gasteiger partial charge is 0.481 e. The summed E-state index contributed by atoms with van der Waals surface area (Å²) in [4.78, 5) is 28.4. The van der Waals surface area contributed by atoms with Crippen LogP contribution in [0, 0.1) is 0 Å². The van der Waals surface area contributed by atoms with Crippen LogP contribution in [0.3, 0.4) is 0 Å². The first-order valence-corrected chi connectivity index (χ1v) is 16.1. The summed E-state index contributed by atoms with van der Waals surface area (Å²) < 4.78 is 52.5. The summed E-state index contributed by atoms with van der Waals surface area (Å²) in [7, 11) is -5.53. The zero-order valence-electron chi connectivity index (χ0n) is 21.6. The first-order chi connectivity index (χ1) is 20.0. The van der Waals surface area contributed by atoms with Gasteiger partial charge >= 0.3 is 14.5 Å². The van der Waals surface area contributed by atoms with Gasteiger partial charge in [-0.3, -0.25) is 4.52 Å². The van der Waals surface area contributed by atoms with Crippen molar-refractivity contribution in [3.8, 4) is 0 Å². The first kappa shape index (κ1) is 34.0. The lowest BCUT2D eigenvalue weighted by Crippen LogP contribution is -2.60. The zero-order valence-corrected chi connectivity index (χ0v) is 24.2. The molecular formula is C20H28FN5O14P2S. The first-order valence-electron chi connectivity index (χ1n) is 12.1.